The summed E-state index contributed by atoms with van der Waals surface area (Å²) in [7, 11) is 5.09. The van der Waals surface area contributed by atoms with Crippen molar-refractivity contribution in [3.8, 4) is 23.0 Å². The summed E-state index contributed by atoms with van der Waals surface area (Å²) >= 11 is 0. The van der Waals surface area contributed by atoms with Gasteiger partial charge in [0.15, 0.2) is 17.7 Å². The average Bonchev–Trinajstić information content (AvgIpc) is 2.95. The van der Waals surface area contributed by atoms with Crippen LogP contribution in [0.4, 0.5) is 0 Å². The molecule has 0 aromatic heterocycles. The molecule has 0 amide bonds. The third-order valence-corrected chi connectivity index (χ3v) is 8.37. The van der Waals surface area contributed by atoms with Gasteiger partial charge in [-0.15, -0.1) is 0 Å². The number of aliphatic hydroxyl groups excluding tert-OH is 1. The van der Waals surface area contributed by atoms with E-state index in [1.165, 1.54) is 27.4 Å². The van der Waals surface area contributed by atoms with Gasteiger partial charge in [0.1, 0.15) is 53.5 Å². The number of methoxy groups -OCH3 is 4. The highest BCUT2D eigenvalue weighted by Crippen LogP contribution is 2.53. The molecule has 8 atom stereocenters. The van der Waals surface area contributed by atoms with Gasteiger partial charge >= 0.3 is 0 Å². The molecule has 1 fully saturated rings. The van der Waals surface area contributed by atoms with Crippen LogP contribution in [0.3, 0.4) is 0 Å². The van der Waals surface area contributed by atoms with E-state index in [-0.39, 0.29) is 11.3 Å². The number of hydrogen-bond acceptors (Lipinski definition) is 14. The number of ether oxygens (including phenoxy) is 6. The summed E-state index contributed by atoms with van der Waals surface area (Å²) in [5, 5.41) is 55.9. The fourth-order valence-electron chi connectivity index (χ4n) is 6.24. The predicted octanol–water partition coefficient (Wildman–Crippen LogP) is 0.743. The number of carbonyl (C=O) groups is 3. The number of phenolic OH excluding ortho intramolecular Hbond substituents is 3. The Labute approximate surface area is 245 Å². The Morgan fingerprint density at radius 2 is 1.47 bits per heavy atom. The van der Waals surface area contributed by atoms with Crippen LogP contribution in [0, 0.1) is 0 Å². The van der Waals surface area contributed by atoms with Crippen molar-refractivity contribution in [1.82, 2.24) is 0 Å². The Bertz CT molecular complexity index is 1510. The minimum absolute atomic E-state index is 0.0326. The van der Waals surface area contributed by atoms with E-state index in [0.717, 1.165) is 20.1 Å². The van der Waals surface area contributed by atoms with Crippen molar-refractivity contribution < 1.29 is 68.3 Å². The van der Waals surface area contributed by atoms with E-state index in [4.69, 9.17) is 28.4 Å². The largest absolute Gasteiger partial charge is 0.507 e. The van der Waals surface area contributed by atoms with Gasteiger partial charge in [-0.2, -0.15) is 0 Å². The Balaban J connectivity index is 1.74. The van der Waals surface area contributed by atoms with E-state index in [9.17, 15) is 39.9 Å². The van der Waals surface area contributed by atoms with Crippen molar-refractivity contribution >= 4 is 17.3 Å². The number of carbonyl (C=O) groups excluding carboxylic acids is 3. The summed E-state index contributed by atoms with van der Waals surface area (Å²) in [5.74, 6) is -5.67. The van der Waals surface area contributed by atoms with Gasteiger partial charge in [-0.05, 0) is 19.9 Å². The lowest BCUT2D eigenvalue weighted by molar-refractivity contribution is -0.323. The molecule has 1 saturated heterocycles. The van der Waals surface area contributed by atoms with Crippen molar-refractivity contribution in [1.29, 1.82) is 0 Å². The van der Waals surface area contributed by atoms with E-state index >= 15 is 0 Å². The number of Topliss-reactive ketones (excluding diaryl/α,β-unsaturated/α-hetero) is 1. The summed E-state index contributed by atoms with van der Waals surface area (Å²) < 4.78 is 33.3. The van der Waals surface area contributed by atoms with Gasteiger partial charge in [-0.1, -0.05) is 0 Å². The molecule has 0 unspecified atom stereocenters. The normalized spacial score (nSPS) is 31.8. The second-order valence-corrected chi connectivity index (χ2v) is 10.8. The van der Waals surface area contributed by atoms with Gasteiger partial charge in [-0.3, -0.25) is 14.4 Å². The first kappa shape index (κ1) is 30.8. The molecular formula is C29H32O14. The molecule has 232 valence electrons. The monoisotopic (exact) mass is 604 g/mol. The Morgan fingerprint density at radius 1 is 0.837 bits per heavy atom. The quantitative estimate of drug-likeness (QED) is 0.246. The number of phenols is 3. The number of ketones is 3. The second kappa shape index (κ2) is 10.8. The molecule has 1 aliphatic heterocycles. The first-order chi connectivity index (χ1) is 20.3. The zero-order valence-corrected chi connectivity index (χ0v) is 24.1. The molecule has 0 spiro atoms. The van der Waals surface area contributed by atoms with Crippen LogP contribution in [0.25, 0.3) is 0 Å². The van der Waals surface area contributed by atoms with Gasteiger partial charge in [0, 0.05) is 38.5 Å². The number of fused-ring (bicyclic) bond motifs is 3. The van der Waals surface area contributed by atoms with Crippen molar-refractivity contribution in [2.75, 3.05) is 28.4 Å². The van der Waals surface area contributed by atoms with E-state index in [1.54, 1.807) is 6.92 Å². The highest BCUT2D eigenvalue weighted by atomic mass is 16.7. The molecule has 14 heteroatoms. The zero-order chi connectivity index (χ0) is 31.7. The summed E-state index contributed by atoms with van der Waals surface area (Å²) in [5.41, 5.74) is -5.78. The molecule has 3 aliphatic rings. The van der Waals surface area contributed by atoms with Gasteiger partial charge < -0.3 is 54.0 Å². The molecule has 5 N–H and O–H groups in total. The fourth-order valence-corrected chi connectivity index (χ4v) is 6.24. The van der Waals surface area contributed by atoms with E-state index < -0.39 is 111 Å². The molecule has 2 aromatic carbocycles. The predicted molar refractivity (Wildman–Crippen MR) is 143 cm³/mol. The van der Waals surface area contributed by atoms with Crippen LogP contribution in [0.5, 0.6) is 23.0 Å². The third kappa shape index (κ3) is 4.32. The smallest absolute Gasteiger partial charge is 0.202 e. The topological polar surface area (TPSA) is 208 Å². The lowest BCUT2D eigenvalue weighted by atomic mass is 9.71. The minimum atomic E-state index is -2.40. The highest BCUT2D eigenvalue weighted by Gasteiger charge is 2.57. The Hall–Kier alpha value is -3.63. The van der Waals surface area contributed by atoms with E-state index in [2.05, 4.69) is 0 Å². The van der Waals surface area contributed by atoms with Crippen LogP contribution >= 0.6 is 0 Å². The van der Waals surface area contributed by atoms with Crippen molar-refractivity contribution in [3.63, 3.8) is 0 Å². The number of aliphatic hydroxyl groups is 2. The van der Waals surface area contributed by atoms with Crippen molar-refractivity contribution in [2.45, 2.75) is 62.4 Å². The second-order valence-electron chi connectivity index (χ2n) is 10.8. The van der Waals surface area contributed by atoms with Gasteiger partial charge in [0.05, 0.1) is 35.5 Å². The molecule has 2 aliphatic carbocycles. The standard InChI is InChI=1S/C29H32O14/c1-9-23(39-4)22(35)25(40-5)28(42-9)43-24-16-17(26(36)29(2,37)27(24)41-6)21(34)14-15(20(16)33)19(32)13-11(18(14)31)7-10(38-3)8-12(13)30/h7-9,22-25,27-28,30,33-35,37H,1-6H3/t9-,22+,23-,24+,25+,27-,28-,29+/m0/s1. The van der Waals surface area contributed by atoms with Crippen molar-refractivity contribution in [2.24, 2.45) is 0 Å². The van der Waals surface area contributed by atoms with Crippen LogP contribution in [0.2, 0.25) is 0 Å². The Morgan fingerprint density at radius 3 is 2.05 bits per heavy atom. The van der Waals surface area contributed by atoms with E-state index in [1.807, 2.05) is 0 Å². The molecular weight excluding hydrogens is 572 g/mol. The van der Waals surface area contributed by atoms with Gasteiger partial charge in [0.2, 0.25) is 11.6 Å². The number of benzene rings is 2. The number of aromatic hydroxyl groups is 3. The molecule has 1 heterocycles. The van der Waals surface area contributed by atoms with Gasteiger partial charge in [-0.25, -0.2) is 0 Å². The maximum absolute atomic E-state index is 13.7. The summed E-state index contributed by atoms with van der Waals surface area (Å²) in [4.78, 5) is 41.0. The number of rotatable bonds is 6. The molecule has 0 bridgehead atoms. The molecule has 5 rings (SSSR count). The summed E-state index contributed by atoms with van der Waals surface area (Å²) in [6.07, 6.45) is -8.62. The molecule has 0 saturated carbocycles. The first-order valence-electron chi connectivity index (χ1n) is 13.2. The summed E-state index contributed by atoms with van der Waals surface area (Å²) in [6.45, 7) is 2.70. The maximum atomic E-state index is 13.7. The van der Waals surface area contributed by atoms with Crippen molar-refractivity contribution in [3.05, 3.63) is 45.5 Å². The van der Waals surface area contributed by atoms with Crippen LogP contribution in [0.1, 0.15) is 67.7 Å². The lowest BCUT2D eigenvalue weighted by Crippen LogP contribution is -2.61. The summed E-state index contributed by atoms with van der Waals surface area (Å²) in [6, 6.07) is 2.27. The van der Waals surface area contributed by atoms with Crippen LogP contribution < -0.4 is 4.74 Å². The third-order valence-electron chi connectivity index (χ3n) is 8.37. The van der Waals surface area contributed by atoms with Crippen LogP contribution in [0.15, 0.2) is 12.1 Å². The average molecular weight is 605 g/mol. The molecule has 43 heavy (non-hydrogen) atoms. The number of hydrogen-bond donors (Lipinski definition) is 5. The fraction of sp³-hybridized carbons (Fsp3) is 0.483. The molecule has 0 radical (unpaired) electrons. The zero-order valence-electron chi connectivity index (χ0n) is 24.1. The maximum Gasteiger partial charge on any atom is 0.202 e. The Kier molecular flexibility index (Phi) is 7.75. The van der Waals surface area contributed by atoms with Crippen LogP contribution in [-0.2, 0) is 23.7 Å². The first-order valence-corrected chi connectivity index (χ1v) is 13.2. The van der Waals surface area contributed by atoms with Crippen LogP contribution in [-0.4, -0.2) is 114 Å². The van der Waals surface area contributed by atoms with Gasteiger partial charge in [0.25, 0.3) is 0 Å². The highest BCUT2D eigenvalue weighted by molar-refractivity contribution is 6.32. The molecule has 2 aromatic rings. The minimum Gasteiger partial charge on any atom is -0.507 e. The SMILES string of the molecule is COc1cc(O)c2c(c1)C(=O)c1c(O)c3c(c(O)c1C2=O)[C@@H](O[C@@H]1O[C@@H](C)[C@H](OC)[C@@H](O)[C@H]1OC)[C@H](OC)[C@](C)(O)C3=O. The van der Waals surface area contributed by atoms with E-state index in [0.29, 0.717) is 0 Å². The molecule has 14 nitrogen and oxygen atoms in total. The lowest BCUT2D eigenvalue weighted by Gasteiger charge is -2.47.